The summed E-state index contributed by atoms with van der Waals surface area (Å²) in [5.74, 6) is -0.243. The van der Waals surface area contributed by atoms with Crippen LogP contribution in [0.4, 0.5) is 11.4 Å². The number of carbonyl (C=O) groups is 2. The summed E-state index contributed by atoms with van der Waals surface area (Å²) < 4.78 is 5.23. The second-order valence-corrected chi connectivity index (χ2v) is 5.47. The highest BCUT2D eigenvalue weighted by atomic mass is 16.6. The van der Waals surface area contributed by atoms with Crippen molar-refractivity contribution in [1.29, 1.82) is 0 Å². The lowest BCUT2D eigenvalue weighted by Gasteiger charge is -2.17. The Morgan fingerprint density at radius 2 is 2.04 bits per heavy atom. The minimum absolute atomic E-state index is 0.0304. The summed E-state index contributed by atoms with van der Waals surface area (Å²) in [7, 11) is 0. The van der Waals surface area contributed by atoms with Gasteiger partial charge in [-0.3, -0.25) is 14.9 Å². The number of anilines is 1. The van der Waals surface area contributed by atoms with Gasteiger partial charge in [-0.05, 0) is 41.8 Å². The first-order valence-corrected chi connectivity index (χ1v) is 7.58. The number of rotatable bonds is 4. The van der Waals surface area contributed by atoms with Gasteiger partial charge in [0.15, 0.2) is 0 Å². The predicted molar refractivity (Wildman–Crippen MR) is 91.2 cm³/mol. The molecule has 1 aliphatic heterocycles. The van der Waals surface area contributed by atoms with E-state index in [9.17, 15) is 19.7 Å². The fourth-order valence-electron chi connectivity index (χ4n) is 2.48. The van der Waals surface area contributed by atoms with Crippen molar-refractivity contribution in [2.45, 2.75) is 12.8 Å². The lowest BCUT2D eigenvalue weighted by molar-refractivity contribution is -0.384. The van der Waals surface area contributed by atoms with Crippen molar-refractivity contribution in [3.05, 3.63) is 69.8 Å². The third-order valence-electron chi connectivity index (χ3n) is 3.68. The predicted octanol–water partition coefficient (Wildman–Crippen LogP) is 3.10. The molecule has 0 aromatic heterocycles. The van der Waals surface area contributed by atoms with Gasteiger partial charge < -0.3 is 10.1 Å². The maximum absolute atomic E-state index is 11.9. The van der Waals surface area contributed by atoms with Crippen molar-refractivity contribution < 1.29 is 19.2 Å². The number of amides is 1. The number of fused-ring (bicyclic) bond motifs is 1. The van der Waals surface area contributed by atoms with E-state index in [1.54, 1.807) is 30.3 Å². The molecule has 0 saturated heterocycles. The zero-order valence-corrected chi connectivity index (χ0v) is 13.1. The van der Waals surface area contributed by atoms with E-state index in [-0.39, 0.29) is 11.6 Å². The van der Waals surface area contributed by atoms with Gasteiger partial charge in [-0.1, -0.05) is 12.1 Å². The number of nitro benzene ring substituents is 1. The minimum Gasteiger partial charge on any atom is -0.423 e. The SMILES string of the molecule is O=C1CCc2cc(OC(=O)C=Cc3cccc([N+](=O)[O-])c3)ccc2N1. The molecule has 0 fully saturated rings. The molecule has 7 heteroatoms. The van der Waals surface area contributed by atoms with Gasteiger partial charge >= 0.3 is 5.97 Å². The Morgan fingerprint density at radius 3 is 2.84 bits per heavy atom. The Hall–Kier alpha value is -3.48. The van der Waals surface area contributed by atoms with E-state index in [1.165, 1.54) is 24.3 Å². The number of esters is 1. The summed E-state index contributed by atoms with van der Waals surface area (Å²) >= 11 is 0. The second-order valence-electron chi connectivity index (χ2n) is 5.47. The third-order valence-corrected chi connectivity index (χ3v) is 3.68. The normalized spacial score (nSPS) is 13.2. The maximum Gasteiger partial charge on any atom is 0.336 e. The lowest BCUT2D eigenvalue weighted by atomic mass is 10.0. The van der Waals surface area contributed by atoms with E-state index < -0.39 is 10.9 Å². The van der Waals surface area contributed by atoms with E-state index in [0.29, 0.717) is 24.2 Å². The number of nitrogens with zero attached hydrogens (tertiary/aromatic N) is 1. The van der Waals surface area contributed by atoms with Crippen molar-refractivity contribution in [3.63, 3.8) is 0 Å². The quantitative estimate of drug-likeness (QED) is 0.304. The van der Waals surface area contributed by atoms with Crippen LogP contribution in [0.25, 0.3) is 6.08 Å². The van der Waals surface area contributed by atoms with Gasteiger partial charge in [-0.15, -0.1) is 0 Å². The Bertz CT molecular complexity index is 889. The molecule has 7 nitrogen and oxygen atoms in total. The smallest absolute Gasteiger partial charge is 0.336 e. The molecule has 0 radical (unpaired) electrons. The van der Waals surface area contributed by atoms with E-state index in [4.69, 9.17) is 4.74 Å². The molecular formula is C18H14N2O5. The lowest BCUT2D eigenvalue weighted by Crippen LogP contribution is -2.19. The zero-order valence-electron chi connectivity index (χ0n) is 13.1. The van der Waals surface area contributed by atoms with Crippen molar-refractivity contribution in [1.82, 2.24) is 0 Å². The molecule has 1 N–H and O–H groups in total. The fraction of sp³-hybridized carbons (Fsp3) is 0.111. The van der Waals surface area contributed by atoms with Gasteiger partial charge in [0, 0.05) is 30.3 Å². The van der Waals surface area contributed by atoms with Gasteiger partial charge in [0.1, 0.15) is 5.75 Å². The number of benzene rings is 2. The van der Waals surface area contributed by atoms with Crippen LogP contribution in [0.5, 0.6) is 5.75 Å². The number of carbonyl (C=O) groups excluding carboxylic acids is 2. The molecule has 25 heavy (non-hydrogen) atoms. The molecule has 1 aliphatic rings. The van der Waals surface area contributed by atoms with Gasteiger partial charge in [0.05, 0.1) is 4.92 Å². The molecule has 0 atom stereocenters. The molecule has 1 heterocycles. The molecule has 0 bridgehead atoms. The Balaban J connectivity index is 1.67. The first-order valence-electron chi connectivity index (χ1n) is 7.58. The molecular weight excluding hydrogens is 324 g/mol. The first kappa shape index (κ1) is 16.4. The van der Waals surface area contributed by atoms with Crippen LogP contribution in [-0.2, 0) is 16.0 Å². The van der Waals surface area contributed by atoms with E-state index in [1.807, 2.05) is 0 Å². The summed E-state index contributed by atoms with van der Waals surface area (Å²) in [5.41, 5.74) is 2.11. The van der Waals surface area contributed by atoms with Crippen LogP contribution in [0.2, 0.25) is 0 Å². The van der Waals surface area contributed by atoms with Crippen LogP contribution in [0.3, 0.4) is 0 Å². The Kier molecular flexibility index (Phi) is 4.56. The summed E-state index contributed by atoms with van der Waals surface area (Å²) in [5, 5.41) is 13.5. The summed E-state index contributed by atoms with van der Waals surface area (Å²) in [4.78, 5) is 33.5. The van der Waals surface area contributed by atoms with Gasteiger partial charge in [-0.25, -0.2) is 4.79 Å². The largest absolute Gasteiger partial charge is 0.423 e. The Labute approximate surface area is 143 Å². The van der Waals surface area contributed by atoms with Crippen molar-refractivity contribution in [2.24, 2.45) is 0 Å². The number of hydrogen-bond acceptors (Lipinski definition) is 5. The summed E-state index contributed by atoms with van der Waals surface area (Å²) in [6.45, 7) is 0. The standard InChI is InChI=1S/C18H14N2O5/c21-17-8-5-13-11-15(6-7-16(13)19-17)25-18(22)9-4-12-2-1-3-14(10-12)20(23)24/h1-4,6-7,9-11H,5,8H2,(H,19,21). The van der Waals surface area contributed by atoms with Crippen molar-refractivity contribution in [2.75, 3.05) is 5.32 Å². The van der Waals surface area contributed by atoms with E-state index in [0.717, 1.165) is 11.3 Å². The average Bonchev–Trinajstić information content (AvgIpc) is 2.60. The molecule has 0 saturated carbocycles. The monoisotopic (exact) mass is 338 g/mol. The van der Waals surface area contributed by atoms with Crippen molar-refractivity contribution >= 4 is 29.3 Å². The van der Waals surface area contributed by atoms with Gasteiger partial charge in [-0.2, -0.15) is 0 Å². The highest BCUT2D eigenvalue weighted by Crippen LogP contribution is 2.27. The molecule has 0 aliphatic carbocycles. The average molecular weight is 338 g/mol. The van der Waals surface area contributed by atoms with E-state index in [2.05, 4.69) is 5.32 Å². The summed E-state index contributed by atoms with van der Waals surface area (Å²) in [6.07, 6.45) is 3.65. The van der Waals surface area contributed by atoms with Crippen LogP contribution < -0.4 is 10.1 Å². The molecule has 1 amide bonds. The zero-order chi connectivity index (χ0) is 17.8. The minimum atomic E-state index is -0.591. The number of ether oxygens (including phenoxy) is 1. The maximum atomic E-state index is 11.9. The van der Waals surface area contributed by atoms with Crippen LogP contribution in [0, 0.1) is 10.1 Å². The van der Waals surface area contributed by atoms with Gasteiger partial charge in [0.2, 0.25) is 5.91 Å². The van der Waals surface area contributed by atoms with Crippen LogP contribution >= 0.6 is 0 Å². The molecule has 0 spiro atoms. The van der Waals surface area contributed by atoms with Crippen molar-refractivity contribution in [3.8, 4) is 5.75 Å². The molecule has 0 unspecified atom stereocenters. The second kappa shape index (κ2) is 6.96. The van der Waals surface area contributed by atoms with E-state index >= 15 is 0 Å². The summed E-state index contributed by atoms with van der Waals surface area (Å²) in [6, 6.07) is 10.9. The van der Waals surface area contributed by atoms with Crippen LogP contribution in [0.1, 0.15) is 17.5 Å². The van der Waals surface area contributed by atoms with Crippen LogP contribution in [0.15, 0.2) is 48.5 Å². The Morgan fingerprint density at radius 1 is 1.20 bits per heavy atom. The number of hydrogen-bond donors (Lipinski definition) is 1. The highest BCUT2D eigenvalue weighted by molar-refractivity contribution is 5.94. The topological polar surface area (TPSA) is 98.5 Å². The molecule has 2 aromatic rings. The number of nitrogens with one attached hydrogen (secondary N) is 1. The third kappa shape index (κ3) is 4.08. The molecule has 3 rings (SSSR count). The molecule has 126 valence electrons. The van der Waals surface area contributed by atoms with Crippen LogP contribution in [-0.4, -0.2) is 16.8 Å². The number of non-ortho nitro benzene ring substituents is 1. The molecule has 2 aromatic carbocycles. The first-order chi connectivity index (χ1) is 12.0. The number of aryl methyl sites for hydroxylation is 1. The fourth-order valence-corrected chi connectivity index (χ4v) is 2.48. The van der Waals surface area contributed by atoms with Gasteiger partial charge in [0.25, 0.3) is 5.69 Å². The highest BCUT2D eigenvalue weighted by Gasteiger charge is 2.15. The number of nitro groups is 1.